The fourth-order valence-electron chi connectivity index (χ4n) is 2.54. The van der Waals surface area contributed by atoms with E-state index in [1.165, 1.54) is 45.4 Å². The molecule has 1 aliphatic heterocycles. The molecule has 0 aliphatic carbocycles. The lowest BCUT2D eigenvalue weighted by atomic mass is 10.0. The Labute approximate surface area is 102 Å². The molecule has 16 heavy (non-hydrogen) atoms. The first-order chi connectivity index (χ1) is 7.65. The highest BCUT2D eigenvalue weighted by atomic mass is 15.2. The molecule has 2 heteroatoms. The summed E-state index contributed by atoms with van der Waals surface area (Å²) in [6.07, 6.45) is 3.91. The SMILES string of the molecule is CCCNCCCC(C)N1CC(C)C(C)C1. The topological polar surface area (TPSA) is 15.3 Å². The van der Waals surface area contributed by atoms with Crippen molar-refractivity contribution in [2.24, 2.45) is 11.8 Å². The lowest BCUT2D eigenvalue weighted by Gasteiger charge is -2.24. The van der Waals surface area contributed by atoms with Gasteiger partial charge in [0.1, 0.15) is 0 Å². The average Bonchev–Trinajstić information content (AvgIpc) is 2.59. The van der Waals surface area contributed by atoms with Crippen molar-refractivity contribution in [2.45, 2.75) is 53.0 Å². The maximum Gasteiger partial charge on any atom is 0.00676 e. The van der Waals surface area contributed by atoms with E-state index in [2.05, 4.69) is 37.9 Å². The van der Waals surface area contributed by atoms with Crippen LogP contribution in [0.5, 0.6) is 0 Å². The predicted octanol–water partition coefficient (Wildman–Crippen LogP) is 2.74. The van der Waals surface area contributed by atoms with Crippen molar-refractivity contribution in [1.29, 1.82) is 0 Å². The van der Waals surface area contributed by atoms with E-state index in [1.54, 1.807) is 0 Å². The molecule has 1 rings (SSSR count). The molecule has 1 fully saturated rings. The summed E-state index contributed by atoms with van der Waals surface area (Å²) in [5.41, 5.74) is 0. The highest BCUT2D eigenvalue weighted by Crippen LogP contribution is 2.24. The summed E-state index contributed by atoms with van der Waals surface area (Å²) in [4.78, 5) is 2.68. The highest BCUT2D eigenvalue weighted by molar-refractivity contribution is 4.81. The van der Waals surface area contributed by atoms with Crippen molar-refractivity contribution < 1.29 is 0 Å². The van der Waals surface area contributed by atoms with E-state index in [0.717, 1.165) is 17.9 Å². The summed E-state index contributed by atoms with van der Waals surface area (Å²) >= 11 is 0. The molecule has 2 nitrogen and oxygen atoms in total. The van der Waals surface area contributed by atoms with E-state index < -0.39 is 0 Å². The van der Waals surface area contributed by atoms with Gasteiger partial charge in [0.15, 0.2) is 0 Å². The zero-order chi connectivity index (χ0) is 12.0. The zero-order valence-electron chi connectivity index (χ0n) is 11.6. The van der Waals surface area contributed by atoms with Crippen LogP contribution >= 0.6 is 0 Å². The summed E-state index contributed by atoms with van der Waals surface area (Å²) in [6.45, 7) is 14.4. The molecule has 3 unspecified atom stereocenters. The predicted molar refractivity (Wildman–Crippen MR) is 71.8 cm³/mol. The van der Waals surface area contributed by atoms with Crippen LogP contribution in [0.4, 0.5) is 0 Å². The van der Waals surface area contributed by atoms with Gasteiger partial charge in [-0.15, -0.1) is 0 Å². The first kappa shape index (κ1) is 14.0. The number of rotatable bonds is 7. The summed E-state index contributed by atoms with van der Waals surface area (Å²) < 4.78 is 0. The summed E-state index contributed by atoms with van der Waals surface area (Å²) in [5.74, 6) is 1.78. The first-order valence-corrected chi connectivity index (χ1v) is 7.09. The van der Waals surface area contributed by atoms with Crippen LogP contribution in [-0.2, 0) is 0 Å². The molecule has 1 heterocycles. The highest BCUT2D eigenvalue weighted by Gasteiger charge is 2.28. The molecule has 0 spiro atoms. The van der Waals surface area contributed by atoms with Crippen LogP contribution in [-0.4, -0.2) is 37.1 Å². The summed E-state index contributed by atoms with van der Waals surface area (Å²) in [5, 5.41) is 3.48. The molecule has 1 aliphatic rings. The fourth-order valence-corrected chi connectivity index (χ4v) is 2.54. The van der Waals surface area contributed by atoms with Crippen LogP contribution in [0.1, 0.15) is 47.0 Å². The van der Waals surface area contributed by atoms with Gasteiger partial charge in [-0.05, 0) is 51.1 Å². The van der Waals surface area contributed by atoms with Gasteiger partial charge in [-0.1, -0.05) is 20.8 Å². The van der Waals surface area contributed by atoms with Crippen LogP contribution in [0, 0.1) is 11.8 Å². The molecular weight excluding hydrogens is 196 g/mol. The Bertz CT molecular complexity index is 172. The van der Waals surface area contributed by atoms with Gasteiger partial charge in [0.05, 0.1) is 0 Å². The Morgan fingerprint density at radius 3 is 2.38 bits per heavy atom. The molecule has 0 aromatic heterocycles. The molecule has 3 atom stereocenters. The van der Waals surface area contributed by atoms with E-state index in [-0.39, 0.29) is 0 Å². The van der Waals surface area contributed by atoms with E-state index in [9.17, 15) is 0 Å². The average molecular weight is 226 g/mol. The Hall–Kier alpha value is -0.0800. The number of likely N-dealkylation sites (tertiary alicyclic amines) is 1. The quantitative estimate of drug-likeness (QED) is 0.672. The van der Waals surface area contributed by atoms with Gasteiger partial charge in [0, 0.05) is 19.1 Å². The van der Waals surface area contributed by atoms with E-state index in [0.29, 0.717) is 0 Å². The summed E-state index contributed by atoms with van der Waals surface area (Å²) in [6, 6.07) is 0.774. The van der Waals surface area contributed by atoms with E-state index in [4.69, 9.17) is 0 Å². The van der Waals surface area contributed by atoms with Crippen molar-refractivity contribution in [3.63, 3.8) is 0 Å². The van der Waals surface area contributed by atoms with Crippen molar-refractivity contribution in [1.82, 2.24) is 10.2 Å². The Balaban J connectivity index is 2.09. The van der Waals surface area contributed by atoms with Gasteiger partial charge in [0.25, 0.3) is 0 Å². The van der Waals surface area contributed by atoms with Crippen molar-refractivity contribution in [2.75, 3.05) is 26.2 Å². The van der Waals surface area contributed by atoms with Gasteiger partial charge in [0.2, 0.25) is 0 Å². The van der Waals surface area contributed by atoms with Crippen molar-refractivity contribution >= 4 is 0 Å². The molecule has 1 N–H and O–H groups in total. The van der Waals surface area contributed by atoms with Gasteiger partial charge >= 0.3 is 0 Å². The van der Waals surface area contributed by atoms with Gasteiger partial charge in [-0.3, -0.25) is 0 Å². The maximum atomic E-state index is 3.48. The first-order valence-electron chi connectivity index (χ1n) is 7.09. The van der Waals surface area contributed by atoms with Gasteiger partial charge < -0.3 is 10.2 Å². The van der Waals surface area contributed by atoms with Crippen molar-refractivity contribution in [3.8, 4) is 0 Å². The van der Waals surface area contributed by atoms with Gasteiger partial charge in [-0.2, -0.15) is 0 Å². The lowest BCUT2D eigenvalue weighted by Crippen LogP contribution is -2.31. The minimum Gasteiger partial charge on any atom is -0.317 e. The van der Waals surface area contributed by atoms with Crippen LogP contribution < -0.4 is 5.32 Å². The molecule has 0 aromatic carbocycles. The van der Waals surface area contributed by atoms with Crippen molar-refractivity contribution in [3.05, 3.63) is 0 Å². The van der Waals surface area contributed by atoms with Gasteiger partial charge in [-0.25, -0.2) is 0 Å². The van der Waals surface area contributed by atoms with Crippen LogP contribution in [0.2, 0.25) is 0 Å². The largest absolute Gasteiger partial charge is 0.317 e. The molecular formula is C14H30N2. The third-order valence-corrected chi connectivity index (χ3v) is 4.04. The third kappa shape index (κ3) is 4.42. The second kappa shape index (κ2) is 7.29. The molecule has 96 valence electrons. The number of hydrogen-bond donors (Lipinski definition) is 1. The molecule has 0 aromatic rings. The Morgan fingerprint density at radius 2 is 1.81 bits per heavy atom. The lowest BCUT2D eigenvalue weighted by molar-refractivity contribution is 0.233. The zero-order valence-corrected chi connectivity index (χ0v) is 11.6. The second-order valence-electron chi connectivity index (χ2n) is 5.65. The number of nitrogens with zero attached hydrogens (tertiary/aromatic N) is 1. The number of hydrogen-bond acceptors (Lipinski definition) is 2. The summed E-state index contributed by atoms with van der Waals surface area (Å²) in [7, 11) is 0. The normalized spacial score (nSPS) is 28.5. The second-order valence-corrected chi connectivity index (χ2v) is 5.65. The molecule has 0 amide bonds. The Morgan fingerprint density at radius 1 is 1.19 bits per heavy atom. The monoisotopic (exact) mass is 226 g/mol. The molecule has 0 radical (unpaired) electrons. The van der Waals surface area contributed by atoms with E-state index >= 15 is 0 Å². The molecule has 1 saturated heterocycles. The third-order valence-electron chi connectivity index (χ3n) is 4.04. The van der Waals surface area contributed by atoms with E-state index in [1.807, 2.05) is 0 Å². The van der Waals surface area contributed by atoms with Crippen LogP contribution in [0.15, 0.2) is 0 Å². The number of nitrogens with one attached hydrogen (secondary N) is 1. The molecule has 0 saturated carbocycles. The smallest absolute Gasteiger partial charge is 0.00676 e. The van der Waals surface area contributed by atoms with Crippen LogP contribution in [0.25, 0.3) is 0 Å². The minimum atomic E-state index is 0.774. The Kier molecular flexibility index (Phi) is 6.37. The van der Waals surface area contributed by atoms with Crippen LogP contribution in [0.3, 0.4) is 0 Å². The fraction of sp³-hybridized carbons (Fsp3) is 1.00. The standard InChI is InChI=1S/C14H30N2/c1-5-8-15-9-6-7-14(4)16-10-12(2)13(3)11-16/h12-15H,5-11H2,1-4H3. The molecule has 0 bridgehead atoms. The minimum absolute atomic E-state index is 0.774. The maximum absolute atomic E-state index is 3.48.